The van der Waals surface area contributed by atoms with Crippen molar-refractivity contribution in [1.82, 2.24) is 5.32 Å². The van der Waals surface area contributed by atoms with Crippen molar-refractivity contribution in [3.8, 4) is 0 Å². The van der Waals surface area contributed by atoms with Gasteiger partial charge in [0, 0.05) is 10.1 Å². The van der Waals surface area contributed by atoms with Gasteiger partial charge in [-0.2, -0.15) is 0 Å². The molecule has 6 heteroatoms. The van der Waals surface area contributed by atoms with Gasteiger partial charge in [-0.05, 0) is 42.8 Å². The number of carbonyl (C=O) groups is 1. The average Bonchev–Trinajstić information content (AvgIpc) is 2.95. The first-order valence-corrected chi connectivity index (χ1v) is 7.71. The van der Waals surface area contributed by atoms with Crippen LogP contribution in [0.5, 0.6) is 0 Å². The Bertz CT molecular complexity index is 891. The number of thiophene rings is 1. The third-order valence-corrected chi connectivity index (χ3v) is 4.62. The maximum atomic E-state index is 13.7. The largest absolute Gasteiger partial charge is 0.345 e. The summed E-state index contributed by atoms with van der Waals surface area (Å²) in [6.45, 7) is 1.67. The van der Waals surface area contributed by atoms with Crippen molar-refractivity contribution in [2.75, 3.05) is 0 Å². The second-order valence-corrected chi connectivity index (χ2v) is 6.21. The SMILES string of the molecule is CC(NC(=O)c1cc2c(F)cccc2s1)c1ccc(F)c(F)c1. The second-order valence-electron chi connectivity index (χ2n) is 5.13. The molecule has 0 aliphatic carbocycles. The minimum Gasteiger partial charge on any atom is -0.345 e. The lowest BCUT2D eigenvalue weighted by Crippen LogP contribution is -2.26. The Hall–Kier alpha value is -2.34. The molecule has 0 aliphatic rings. The van der Waals surface area contributed by atoms with Crippen LogP contribution in [-0.2, 0) is 0 Å². The number of carbonyl (C=O) groups excluding carboxylic acids is 1. The van der Waals surface area contributed by atoms with Crippen LogP contribution in [0, 0.1) is 17.5 Å². The van der Waals surface area contributed by atoms with Gasteiger partial charge < -0.3 is 5.32 Å². The fourth-order valence-corrected chi connectivity index (χ4v) is 3.25. The molecule has 0 saturated carbocycles. The molecule has 1 amide bonds. The van der Waals surface area contributed by atoms with E-state index in [0.29, 0.717) is 20.5 Å². The highest BCUT2D eigenvalue weighted by atomic mass is 32.1. The molecule has 1 atom stereocenters. The molecule has 1 heterocycles. The lowest BCUT2D eigenvalue weighted by Gasteiger charge is -2.13. The van der Waals surface area contributed by atoms with Crippen molar-refractivity contribution >= 4 is 27.3 Å². The Morgan fingerprint density at radius 1 is 1.04 bits per heavy atom. The van der Waals surface area contributed by atoms with Gasteiger partial charge >= 0.3 is 0 Å². The molecule has 0 bridgehead atoms. The first kappa shape index (κ1) is 15.6. The lowest BCUT2D eigenvalue weighted by atomic mass is 10.1. The molecule has 1 unspecified atom stereocenters. The second kappa shape index (κ2) is 6.04. The highest BCUT2D eigenvalue weighted by Gasteiger charge is 2.16. The topological polar surface area (TPSA) is 29.1 Å². The van der Waals surface area contributed by atoms with Crippen LogP contribution in [0.25, 0.3) is 10.1 Å². The summed E-state index contributed by atoms with van der Waals surface area (Å²) < 4.78 is 40.6. The molecule has 23 heavy (non-hydrogen) atoms. The Morgan fingerprint density at radius 3 is 2.52 bits per heavy atom. The van der Waals surface area contributed by atoms with E-state index in [4.69, 9.17) is 0 Å². The highest BCUT2D eigenvalue weighted by molar-refractivity contribution is 7.20. The molecule has 3 rings (SSSR count). The van der Waals surface area contributed by atoms with Crippen LogP contribution in [-0.4, -0.2) is 5.91 Å². The molecule has 0 fully saturated rings. The first-order chi connectivity index (χ1) is 11.0. The van der Waals surface area contributed by atoms with Crippen molar-refractivity contribution in [1.29, 1.82) is 0 Å². The van der Waals surface area contributed by atoms with E-state index in [1.807, 2.05) is 0 Å². The summed E-state index contributed by atoms with van der Waals surface area (Å²) in [7, 11) is 0. The number of halogens is 3. The van der Waals surface area contributed by atoms with Crippen LogP contribution in [0.1, 0.15) is 28.2 Å². The highest BCUT2D eigenvalue weighted by Crippen LogP contribution is 2.28. The molecule has 0 spiro atoms. The van der Waals surface area contributed by atoms with E-state index in [-0.39, 0.29) is 11.7 Å². The number of nitrogens with one attached hydrogen (secondary N) is 1. The molecule has 0 radical (unpaired) electrons. The minimum absolute atomic E-state index is 0.361. The monoisotopic (exact) mass is 335 g/mol. The van der Waals surface area contributed by atoms with Crippen LogP contribution in [0.4, 0.5) is 13.2 Å². The maximum absolute atomic E-state index is 13.7. The molecule has 118 valence electrons. The number of fused-ring (bicyclic) bond motifs is 1. The van der Waals surface area contributed by atoms with Crippen LogP contribution in [0.2, 0.25) is 0 Å². The van der Waals surface area contributed by atoms with Gasteiger partial charge in [-0.25, -0.2) is 13.2 Å². The van der Waals surface area contributed by atoms with Crippen LogP contribution < -0.4 is 5.32 Å². The van der Waals surface area contributed by atoms with Crippen molar-refractivity contribution in [3.63, 3.8) is 0 Å². The zero-order valence-corrected chi connectivity index (χ0v) is 12.9. The van der Waals surface area contributed by atoms with Gasteiger partial charge in [0.05, 0.1) is 10.9 Å². The molecule has 1 N–H and O–H groups in total. The minimum atomic E-state index is -0.965. The Labute approximate surface area is 134 Å². The van der Waals surface area contributed by atoms with Gasteiger partial charge in [-0.15, -0.1) is 11.3 Å². The fourth-order valence-electron chi connectivity index (χ4n) is 2.27. The molecule has 3 aromatic rings. The smallest absolute Gasteiger partial charge is 0.261 e. The molecule has 0 aliphatic heterocycles. The van der Waals surface area contributed by atoms with Crippen LogP contribution >= 0.6 is 11.3 Å². The molecule has 2 nitrogen and oxygen atoms in total. The van der Waals surface area contributed by atoms with Crippen molar-refractivity contribution in [3.05, 3.63) is 70.4 Å². The molecular weight excluding hydrogens is 323 g/mol. The summed E-state index contributed by atoms with van der Waals surface area (Å²) in [4.78, 5) is 12.6. The van der Waals surface area contributed by atoms with Gasteiger partial charge in [0.25, 0.3) is 5.91 Å². The first-order valence-electron chi connectivity index (χ1n) is 6.89. The summed E-state index contributed by atoms with van der Waals surface area (Å²) >= 11 is 1.18. The average molecular weight is 335 g/mol. The number of benzene rings is 2. The third-order valence-electron chi connectivity index (χ3n) is 3.52. The summed E-state index contributed by atoms with van der Waals surface area (Å²) in [6.07, 6.45) is 0. The number of hydrogen-bond donors (Lipinski definition) is 1. The summed E-state index contributed by atoms with van der Waals surface area (Å²) in [5.41, 5.74) is 0.449. The summed E-state index contributed by atoms with van der Waals surface area (Å²) in [5.74, 6) is -2.67. The van der Waals surface area contributed by atoms with Crippen molar-refractivity contribution in [2.45, 2.75) is 13.0 Å². The Kier molecular flexibility index (Phi) is 4.09. The number of amides is 1. The third kappa shape index (κ3) is 3.07. The summed E-state index contributed by atoms with van der Waals surface area (Å²) in [5, 5.41) is 3.09. The zero-order chi connectivity index (χ0) is 16.6. The maximum Gasteiger partial charge on any atom is 0.261 e. The number of rotatable bonds is 3. The van der Waals surface area contributed by atoms with Crippen molar-refractivity contribution in [2.24, 2.45) is 0 Å². The van der Waals surface area contributed by atoms with E-state index >= 15 is 0 Å². The van der Waals surface area contributed by atoms with Gasteiger partial charge in [0.2, 0.25) is 0 Å². The van der Waals surface area contributed by atoms with E-state index in [0.717, 1.165) is 12.1 Å². The molecular formula is C17H12F3NOS. The standard InChI is InChI=1S/C17H12F3NOS/c1-9(10-5-6-13(19)14(20)7-10)21-17(22)16-8-11-12(18)3-2-4-15(11)23-16/h2-9H,1H3,(H,21,22). The van der Waals surface area contributed by atoms with Gasteiger partial charge in [-0.1, -0.05) is 12.1 Å². The van der Waals surface area contributed by atoms with E-state index in [2.05, 4.69) is 5.32 Å². The van der Waals surface area contributed by atoms with Crippen molar-refractivity contribution < 1.29 is 18.0 Å². The van der Waals surface area contributed by atoms with Gasteiger partial charge in [0.1, 0.15) is 5.82 Å². The molecule has 0 saturated heterocycles. The normalized spacial score (nSPS) is 12.3. The van der Waals surface area contributed by atoms with Crippen LogP contribution in [0.15, 0.2) is 42.5 Å². The van der Waals surface area contributed by atoms with E-state index in [1.165, 1.54) is 29.5 Å². The predicted molar refractivity (Wildman–Crippen MR) is 84.0 cm³/mol. The lowest BCUT2D eigenvalue weighted by molar-refractivity contribution is 0.0944. The van der Waals surface area contributed by atoms with E-state index in [1.54, 1.807) is 19.1 Å². The zero-order valence-electron chi connectivity index (χ0n) is 12.1. The Balaban J connectivity index is 1.82. The Morgan fingerprint density at radius 2 is 1.83 bits per heavy atom. The summed E-state index contributed by atoms with van der Waals surface area (Å²) in [6, 6.07) is 9.11. The van der Waals surface area contributed by atoms with Gasteiger partial charge in [0.15, 0.2) is 11.6 Å². The molecule has 2 aromatic carbocycles. The quantitative estimate of drug-likeness (QED) is 0.731. The van der Waals surface area contributed by atoms with Crippen LogP contribution in [0.3, 0.4) is 0 Å². The van der Waals surface area contributed by atoms with E-state index < -0.39 is 17.7 Å². The number of hydrogen-bond acceptors (Lipinski definition) is 2. The molecule has 1 aromatic heterocycles. The van der Waals surface area contributed by atoms with E-state index in [9.17, 15) is 18.0 Å². The fraction of sp³-hybridized carbons (Fsp3) is 0.118. The van der Waals surface area contributed by atoms with Gasteiger partial charge in [-0.3, -0.25) is 4.79 Å². The predicted octanol–water partition coefficient (Wildman–Crippen LogP) is 4.81.